The third kappa shape index (κ3) is 4.09. The molecular weight excluding hydrogens is 377 g/mol. The predicted molar refractivity (Wildman–Crippen MR) is 108 cm³/mol. The van der Waals surface area contributed by atoms with E-state index in [1.165, 1.54) is 18.6 Å². The Labute approximate surface area is 168 Å². The summed E-state index contributed by atoms with van der Waals surface area (Å²) in [5.74, 6) is -0.471. The third-order valence-electron chi connectivity index (χ3n) is 5.08. The second kappa shape index (κ2) is 8.15. The molecule has 1 amide bonds. The Hall–Kier alpha value is -2.66. The average Bonchev–Trinajstić information content (AvgIpc) is 3.15. The minimum Gasteiger partial charge on any atom is -0.348 e. The summed E-state index contributed by atoms with van der Waals surface area (Å²) < 4.78 is 14.9. The molecule has 1 heterocycles. The van der Waals surface area contributed by atoms with Crippen molar-refractivity contribution in [3.8, 4) is 16.9 Å². The van der Waals surface area contributed by atoms with E-state index in [1.807, 2.05) is 12.1 Å². The Morgan fingerprint density at radius 3 is 2.54 bits per heavy atom. The summed E-state index contributed by atoms with van der Waals surface area (Å²) in [5.41, 5.74) is 2.49. The highest BCUT2D eigenvalue weighted by Crippen LogP contribution is 2.24. The van der Waals surface area contributed by atoms with Gasteiger partial charge < -0.3 is 5.32 Å². The van der Waals surface area contributed by atoms with E-state index in [-0.39, 0.29) is 17.8 Å². The monoisotopic (exact) mass is 397 g/mol. The number of nitrogens with one attached hydrogen (secondary N) is 1. The SMILES string of the molecule is O=C(NC1CCCCC1)c1cc(-c2ccc(F)cc2)nn1-c1cccc(Cl)c1. The van der Waals surface area contributed by atoms with Gasteiger partial charge in [-0.2, -0.15) is 5.10 Å². The van der Waals surface area contributed by atoms with Gasteiger partial charge in [-0.1, -0.05) is 36.9 Å². The van der Waals surface area contributed by atoms with E-state index < -0.39 is 0 Å². The maximum atomic E-state index is 13.3. The molecule has 1 fully saturated rings. The molecule has 4 nitrogen and oxygen atoms in total. The normalized spacial score (nSPS) is 14.8. The lowest BCUT2D eigenvalue weighted by Gasteiger charge is -2.22. The molecule has 0 unspecified atom stereocenters. The first-order valence-electron chi connectivity index (χ1n) is 9.53. The van der Waals surface area contributed by atoms with E-state index in [9.17, 15) is 9.18 Å². The first kappa shape index (κ1) is 18.7. The number of rotatable bonds is 4. The number of carbonyl (C=O) groups is 1. The van der Waals surface area contributed by atoms with E-state index in [1.54, 1.807) is 35.0 Å². The maximum absolute atomic E-state index is 13.3. The van der Waals surface area contributed by atoms with Crippen LogP contribution in [0.4, 0.5) is 4.39 Å². The summed E-state index contributed by atoms with van der Waals surface area (Å²) in [6, 6.07) is 15.2. The van der Waals surface area contributed by atoms with Crippen molar-refractivity contribution in [2.45, 2.75) is 38.1 Å². The number of amides is 1. The summed E-state index contributed by atoms with van der Waals surface area (Å²) in [5, 5.41) is 8.32. The van der Waals surface area contributed by atoms with Gasteiger partial charge in [0.25, 0.3) is 5.91 Å². The molecule has 0 aliphatic heterocycles. The van der Waals surface area contributed by atoms with Crippen molar-refractivity contribution in [1.82, 2.24) is 15.1 Å². The van der Waals surface area contributed by atoms with Crippen LogP contribution in [0.15, 0.2) is 54.6 Å². The quantitative estimate of drug-likeness (QED) is 0.641. The Morgan fingerprint density at radius 2 is 1.82 bits per heavy atom. The minimum absolute atomic E-state index is 0.160. The number of halogens is 2. The van der Waals surface area contributed by atoms with Gasteiger partial charge in [-0.15, -0.1) is 0 Å². The zero-order valence-corrected chi connectivity index (χ0v) is 16.1. The van der Waals surface area contributed by atoms with Crippen LogP contribution in [0.25, 0.3) is 16.9 Å². The molecule has 0 atom stereocenters. The van der Waals surface area contributed by atoms with Gasteiger partial charge in [0.05, 0.1) is 11.4 Å². The zero-order chi connectivity index (χ0) is 19.5. The third-order valence-corrected chi connectivity index (χ3v) is 5.31. The highest BCUT2D eigenvalue weighted by atomic mass is 35.5. The standard InChI is InChI=1S/C22H21ClFN3O/c23-16-5-4-8-19(13-16)27-21(22(28)25-18-6-2-1-3-7-18)14-20(26-27)15-9-11-17(24)12-10-15/h4-5,8-14,18H,1-3,6-7H2,(H,25,28). The number of benzene rings is 2. The Kier molecular flexibility index (Phi) is 5.44. The van der Waals surface area contributed by atoms with Crippen LogP contribution in [-0.2, 0) is 0 Å². The van der Waals surface area contributed by atoms with E-state index in [0.717, 1.165) is 31.2 Å². The van der Waals surface area contributed by atoms with Crippen molar-refractivity contribution in [2.24, 2.45) is 0 Å². The van der Waals surface area contributed by atoms with Gasteiger partial charge in [-0.3, -0.25) is 4.79 Å². The van der Waals surface area contributed by atoms with Crippen molar-refractivity contribution < 1.29 is 9.18 Å². The molecule has 2 aromatic carbocycles. The summed E-state index contributed by atoms with van der Waals surface area (Å²) in [6.45, 7) is 0. The van der Waals surface area contributed by atoms with E-state index in [2.05, 4.69) is 10.4 Å². The van der Waals surface area contributed by atoms with Gasteiger partial charge >= 0.3 is 0 Å². The average molecular weight is 398 g/mol. The van der Waals surface area contributed by atoms with Crippen LogP contribution in [0.2, 0.25) is 5.02 Å². The van der Waals surface area contributed by atoms with E-state index in [4.69, 9.17) is 11.6 Å². The molecule has 1 aliphatic carbocycles. The van der Waals surface area contributed by atoms with Gasteiger partial charge in [0.15, 0.2) is 0 Å². The lowest BCUT2D eigenvalue weighted by molar-refractivity contribution is 0.0920. The lowest BCUT2D eigenvalue weighted by Crippen LogP contribution is -2.37. The molecule has 3 aromatic rings. The molecule has 1 N–H and O–H groups in total. The van der Waals surface area contributed by atoms with Gasteiger partial charge in [0, 0.05) is 16.6 Å². The molecule has 0 spiro atoms. The van der Waals surface area contributed by atoms with Crippen molar-refractivity contribution in [2.75, 3.05) is 0 Å². The van der Waals surface area contributed by atoms with Gasteiger partial charge in [0.1, 0.15) is 11.5 Å². The number of hydrogen-bond acceptors (Lipinski definition) is 2. The summed E-state index contributed by atoms with van der Waals surface area (Å²) in [7, 11) is 0. The second-order valence-corrected chi connectivity index (χ2v) is 7.56. The van der Waals surface area contributed by atoms with Crippen molar-refractivity contribution in [3.63, 3.8) is 0 Å². The topological polar surface area (TPSA) is 46.9 Å². The molecule has 6 heteroatoms. The molecular formula is C22H21ClFN3O. The van der Waals surface area contributed by atoms with Crippen LogP contribution in [-0.4, -0.2) is 21.7 Å². The Balaban J connectivity index is 1.72. The fraction of sp³-hybridized carbons (Fsp3) is 0.273. The smallest absolute Gasteiger partial charge is 0.270 e. The molecule has 1 saturated carbocycles. The molecule has 4 rings (SSSR count). The highest BCUT2D eigenvalue weighted by Gasteiger charge is 2.22. The largest absolute Gasteiger partial charge is 0.348 e. The van der Waals surface area contributed by atoms with Gasteiger partial charge in [0.2, 0.25) is 0 Å². The number of nitrogens with zero attached hydrogens (tertiary/aromatic N) is 2. The van der Waals surface area contributed by atoms with Crippen LogP contribution in [0, 0.1) is 5.82 Å². The van der Waals surface area contributed by atoms with Crippen molar-refractivity contribution in [3.05, 3.63) is 71.1 Å². The Morgan fingerprint density at radius 1 is 1.07 bits per heavy atom. The summed E-state index contributed by atoms with van der Waals surface area (Å²) in [4.78, 5) is 13.0. The van der Waals surface area contributed by atoms with Crippen molar-refractivity contribution in [1.29, 1.82) is 0 Å². The molecule has 1 aromatic heterocycles. The van der Waals surface area contributed by atoms with Crippen LogP contribution in [0.3, 0.4) is 0 Å². The number of carbonyl (C=O) groups excluding carboxylic acids is 1. The fourth-order valence-corrected chi connectivity index (χ4v) is 3.80. The lowest BCUT2D eigenvalue weighted by atomic mass is 9.95. The molecule has 0 saturated heterocycles. The molecule has 0 radical (unpaired) electrons. The number of aromatic nitrogens is 2. The number of hydrogen-bond donors (Lipinski definition) is 1. The van der Waals surface area contributed by atoms with Crippen LogP contribution < -0.4 is 5.32 Å². The maximum Gasteiger partial charge on any atom is 0.270 e. The highest BCUT2D eigenvalue weighted by molar-refractivity contribution is 6.30. The first-order chi connectivity index (χ1) is 13.6. The minimum atomic E-state index is -0.312. The van der Waals surface area contributed by atoms with E-state index in [0.29, 0.717) is 22.1 Å². The van der Waals surface area contributed by atoms with Gasteiger partial charge in [-0.05, 0) is 61.4 Å². The molecule has 1 aliphatic rings. The molecule has 144 valence electrons. The van der Waals surface area contributed by atoms with Gasteiger partial charge in [-0.25, -0.2) is 9.07 Å². The van der Waals surface area contributed by atoms with Crippen LogP contribution >= 0.6 is 11.6 Å². The molecule has 28 heavy (non-hydrogen) atoms. The summed E-state index contributed by atoms with van der Waals surface area (Å²) >= 11 is 6.14. The Bertz CT molecular complexity index is 978. The van der Waals surface area contributed by atoms with Crippen molar-refractivity contribution >= 4 is 17.5 Å². The predicted octanol–water partition coefficient (Wildman–Crippen LogP) is 5.39. The van der Waals surface area contributed by atoms with Crippen LogP contribution in [0.1, 0.15) is 42.6 Å². The van der Waals surface area contributed by atoms with Crippen LogP contribution in [0.5, 0.6) is 0 Å². The second-order valence-electron chi connectivity index (χ2n) is 7.12. The fourth-order valence-electron chi connectivity index (χ4n) is 3.62. The summed E-state index contributed by atoms with van der Waals surface area (Å²) in [6.07, 6.45) is 5.50. The first-order valence-corrected chi connectivity index (χ1v) is 9.91. The van der Waals surface area contributed by atoms with E-state index >= 15 is 0 Å². The molecule has 0 bridgehead atoms. The zero-order valence-electron chi connectivity index (χ0n) is 15.4.